The first-order valence-corrected chi connectivity index (χ1v) is 6.34. The molecule has 0 aromatic heterocycles. The standard InChI is InChI=1S/C14H21N3O2.ClH/c1-11-4-3-5-12(10-11)17(9-7-13(15)18)14(19)6-8-16-2;/h3-5,10,16H,6-9H2,1-2H3,(H2,15,18);1H. The van der Waals surface area contributed by atoms with Gasteiger partial charge in [-0.15, -0.1) is 12.4 Å². The molecule has 0 bridgehead atoms. The van der Waals surface area contributed by atoms with Gasteiger partial charge in [-0.3, -0.25) is 9.59 Å². The van der Waals surface area contributed by atoms with E-state index in [9.17, 15) is 9.59 Å². The molecular formula is C14H22ClN3O2. The van der Waals surface area contributed by atoms with Crippen LogP contribution in [-0.2, 0) is 9.59 Å². The minimum Gasteiger partial charge on any atom is -0.370 e. The van der Waals surface area contributed by atoms with Crippen LogP contribution < -0.4 is 16.0 Å². The molecule has 1 rings (SSSR count). The zero-order chi connectivity index (χ0) is 14.3. The van der Waals surface area contributed by atoms with Crippen LogP contribution in [0.25, 0.3) is 0 Å². The van der Waals surface area contributed by atoms with E-state index >= 15 is 0 Å². The zero-order valence-electron chi connectivity index (χ0n) is 11.9. The Morgan fingerprint density at radius 3 is 2.55 bits per heavy atom. The van der Waals surface area contributed by atoms with E-state index < -0.39 is 5.91 Å². The van der Waals surface area contributed by atoms with Crippen molar-refractivity contribution in [2.75, 3.05) is 25.0 Å². The van der Waals surface area contributed by atoms with E-state index in [2.05, 4.69) is 5.32 Å². The molecular weight excluding hydrogens is 278 g/mol. The average molecular weight is 300 g/mol. The van der Waals surface area contributed by atoms with Gasteiger partial charge >= 0.3 is 0 Å². The molecule has 0 aliphatic rings. The van der Waals surface area contributed by atoms with E-state index in [-0.39, 0.29) is 24.7 Å². The summed E-state index contributed by atoms with van der Waals surface area (Å²) in [4.78, 5) is 24.7. The molecule has 0 aliphatic carbocycles. The highest BCUT2D eigenvalue weighted by molar-refractivity contribution is 5.94. The Kier molecular flexibility index (Phi) is 8.59. The van der Waals surface area contributed by atoms with Gasteiger partial charge in [-0.25, -0.2) is 0 Å². The molecule has 0 spiro atoms. The topological polar surface area (TPSA) is 75.4 Å². The Morgan fingerprint density at radius 2 is 2.00 bits per heavy atom. The summed E-state index contributed by atoms with van der Waals surface area (Å²) in [5.41, 5.74) is 7.04. The number of nitrogens with one attached hydrogen (secondary N) is 1. The highest BCUT2D eigenvalue weighted by Gasteiger charge is 2.15. The van der Waals surface area contributed by atoms with Crippen LogP contribution in [0.1, 0.15) is 18.4 Å². The van der Waals surface area contributed by atoms with E-state index in [1.54, 1.807) is 11.9 Å². The maximum atomic E-state index is 12.2. The molecule has 0 fully saturated rings. The van der Waals surface area contributed by atoms with Crippen LogP contribution in [0.15, 0.2) is 24.3 Å². The number of aryl methyl sites for hydroxylation is 1. The van der Waals surface area contributed by atoms with Crippen molar-refractivity contribution in [1.82, 2.24) is 5.32 Å². The summed E-state index contributed by atoms with van der Waals surface area (Å²) in [6.07, 6.45) is 0.558. The van der Waals surface area contributed by atoms with Gasteiger partial charge < -0.3 is 16.0 Å². The lowest BCUT2D eigenvalue weighted by molar-refractivity contribution is -0.119. The Bertz CT molecular complexity index is 452. The summed E-state index contributed by atoms with van der Waals surface area (Å²) in [7, 11) is 1.80. The molecule has 0 atom stereocenters. The molecule has 6 heteroatoms. The Balaban J connectivity index is 0.00000361. The number of anilines is 1. The van der Waals surface area contributed by atoms with Gasteiger partial charge in [-0.2, -0.15) is 0 Å². The number of primary amides is 1. The third-order valence-corrected chi connectivity index (χ3v) is 2.79. The predicted molar refractivity (Wildman–Crippen MR) is 83.1 cm³/mol. The highest BCUT2D eigenvalue weighted by Crippen LogP contribution is 2.17. The molecule has 1 aromatic carbocycles. The van der Waals surface area contributed by atoms with E-state index in [0.29, 0.717) is 19.5 Å². The van der Waals surface area contributed by atoms with E-state index in [1.165, 1.54) is 0 Å². The normalized spacial score (nSPS) is 9.70. The molecule has 3 N–H and O–H groups in total. The van der Waals surface area contributed by atoms with Crippen molar-refractivity contribution in [1.29, 1.82) is 0 Å². The average Bonchev–Trinajstić information content (AvgIpc) is 2.36. The molecule has 5 nitrogen and oxygen atoms in total. The number of nitrogens with two attached hydrogens (primary N) is 1. The third-order valence-electron chi connectivity index (χ3n) is 2.79. The lowest BCUT2D eigenvalue weighted by Gasteiger charge is -2.22. The van der Waals surface area contributed by atoms with Gasteiger partial charge in [0.25, 0.3) is 0 Å². The minimum absolute atomic E-state index is 0. The van der Waals surface area contributed by atoms with Gasteiger partial charge in [0.1, 0.15) is 0 Å². The molecule has 0 saturated carbocycles. The molecule has 112 valence electrons. The summed E-state index contributed by atoms with van der Waals surface area (Å²) in [5, 5.41) is 2.94. The SMILES string of the molecule is CNCCC(=O)N(CCC(N)=O)c1cccc(C)c1.Cl. The summed E-state index contributed by atoms with van der Waals surface area (Å²) in [5.74, 6) is -0.416. The van der Waals surface area contributed by atoms with Gasteiger partial charge in [0.2, 0.25) is 11.8 Å². The second-order valence-electron chi connectivity index (χ2n) is 4.45. The third kappa shape index (κ3) is 6.04. The molecule has 2 amide bonds. The molecule has 1 aromatic rings. The van der Waals surface area contributed by atoms with Crippen LogP contribution in [0.5, 0.6) is 0 Å². The molecule has 0 aliphatic heterocycles. The van der Waals surface area contributed by atoms with Crippen LogP contribution in [0.4, 0.5) is 5.69 Å². The highest BCUT2D eigenvalue weighted by atomic mass is 35.5. The quantitative estimate of drug-likeness (QED) is 0.795. The second kappa shape index (κ2) is 9.34. The lowest BCUT2D eigenvalue weighted by Crippen LogP contribution is -2.35. The van der Waals surface area contributed by atoms with E-state index in [1.807, 2.05) is 31.2 Å². The Hall–Kier alpha value is -1.59. The number of carbonyl (C=O) groups excluding carboxylic acids is 2. The van der Waals surface area contributed by atoms with Crippen LogP contribution in [0, 0.1) is 6.92 Å². The van der Waals surface area contributed by atoms with E-state index in [0.717, 1.165) is 11.3 Å². The molecule has 0 saturated heterocycles. The summed E-state index contributed by atoms with van der Waals surface area (Å²) < 4.78 is 0. The largest absolute Gasteiger partial charge is 0.370 e. The van der Waals surface area contributed by atoms with Crippen LogP contribution in [0.3, 0.4) is 0 Å². The molecule has 20 heavy (non-hydrogen) atoms. The first-order chi connectivity index (χ1) is 9.04. The first kappa shape index (κ1) is 18.4. The fourth-order valence-corrected chi connectivity index (χ4v) is 1.78. The lowest BCUT2D eigenvalue weighted by atomic mass is 10.2. The summed E-state index contributed by atoms with van der Waals surface area (Å²) >= 11 is 0. The smallest absolute Gasteiger partial charge is 0.228 e. The first-order valence-electron chi connectivity index (χ1n) is 6.34. The Labute approximate surface area is 125 Å². The number of hydrogen-bond donors (Lipinski definition) is 2. The van der Waals surface area contributed by atoms with Crippen molar-refractivity contribution in [3.63, 3.8) is 0 Å². The molecule has 0 radical (unpaired) electrons. The number of rotatable bonds is 7. The van der Waals surface area contributed by atoms with Crippen LogP contribution >= 0.6 is 12.4 Å². The minimum atomic E-state index is -0.404. The predicted octanol–water partition coefficient (Wildman–Crippen LogP) is 1.23. The van der Waals surface area contributed by atoms with E-state index in [4.69, 9.17) is 5.73 Å². The maximum Gasteiger partial charge on any atom is 0.228 e. The molecule has 0 unspecified atom stereocenters. The van der Waals surface area contributed by atoms with Crippen LogP contribution in [-0.4, -0.2) is 32.0 Å². The fourth-order valence-electron chi connectivity index (χ4n) is 1.78. The van der Waals surface area contributed by atoms with Crippen molar-refractivity contribution in [2.45, 2.75) is 19.8 Å². The van der Waals surface area contributed by atoms with Gasteiger partial charge in [0, 0.05) is 31.6 Å². The number of nitrogens with zero attached hydrogens (tertiary/aromatic N) is 1. The van der Waals surface area contributed by atoms with Crippen molar-refractivity contribution >= 4 is 29.9 Å². The van der Waals surface area contributed by atoms with Crippen molar-refractivity contribution in [2.24, 2.45) is 5.73 Å². The van der Waals surface area contributed by atoms with Crippen molar-refractivity contribution < 1.29 is 9.59 Å². The van der Waals surface area contributed by atoms with Gasteiger partial charge in [0.05, 0.1) is 0 Å². The number of benzene rings is 1. The zero-order valence-corrected chi connectivity index (χ0v) is 12.7. The van der Waals surface area contributed by atoms with Gasteiger partial charge in [-0.1, -0.05) is 12.1 Å². The van der Waals surface area contributed by atoms with Crippen LogP contribution in [0.2, 0.25) is 0 Å². The number of halogens is 1. The summed E-state index contributed by atoms with van der Waals surface area (Å²) in [6.45, 7) is 2.90. The molecule has 0 heterocycles. The second-order valence-corrected chi connectivity index (χ2v) is 4.45. The number of hydrogen-bond acceptors (Lipinski definition) is 3. The van der Waals surface area contributed by atoms with Crippen molar-refractivity contribution in [3.8, 4) is 0 Å². The Morgan fingerprint density at radius 1 is 1.30 bits per heavy atom. The van der Waals surface area contributed by atoms with Crippen molar-refractivity contribution in [3.05, 3.63) is 29.8 Å². The monoisotopic (exact) mass is 299 g/mol. The maximum absolute atomic E-state index is 12.2. The number of carbonyl (C=O) groups is 2. The summed E-state index contributed by atoms with van der Waals surface area (Å²) in [6, 6.07) is 7.66. The fraction of sp³-hybridized carbons (Fsp3) is 0.429. The van der Waals surface area contributed by atoms with Gasteiger partial charge in [0.15, 0.2) is 0 Å². The van der Waals surface area contributed by atoms with Gasteiger partial charge in [-0.05, 0) is 31.7 Å². The number of amides is 2.